The number of carbonyl (C=O) groups excluding carboxylic acids is 1. The minimum atomic E-state index is -0.0837. The zero-order valence-electron chi connectivity index (χ0n) is 10.9. The van der Waals surface area contributed by atoms with Crippen LogP contribution < -0.4 is 11.1 Å². The molecule has 1 unspecified atom stereocenters. The van der Waals surface area contributed by atoms with Gasteiger partial charge in [0, 0.05) is 17.2 Å². The van der Waals surface area contributed by atoms with Crippen LogP contribution in [0.2, 0.25) is 5.02 Å². The van der Waals surface area contributed by atoms with Crippen LogP contribution in [-0.2, 0) is 0 Å². The first kappa shape index (κ1) is 13.9. The minimum Gasteiger partial charge on any atom is -0.349 e. The zero-order valence-corrected chi connectivity index (χ0v) is 11.6. The third-order valence-corrected chi connectivity index (χ3v) is 3.56. The monoisotopic (exact) mass is 276 g/mol. The molecule has 1 amide bonds. The van der Waals surface area contributed by atoms with Gasteiger partial charge in [-0.15, -0.1) is 0 Å². The van der Waals surface area contributed by atoms with Crippen molar-refractivity contribution in [3.63, 3.8) is 0 Å². The van der Waals surface area contributed by atoms with Crippen LogP contribution in [-0.4, -0.2) is 18.5 Å². The highest BCUT2D eigenvalue weighted by Crippen LogP contribution is 2.32. The number of halogens is 1. The standard InChI is InChI=1S/C15H17ClN2O/c1-10(11-4-5-11)18-15(19)13-7-6-12(3-2-8-17)14(16)9-13/h6-7,9-11H,4-5,8,17H2,1H3,(H,18,19). The SMILES string of the molecule is CC(NC(=O)c1ccc(C#CCN)c(Cl)c1)C1CC1. The molecule has 3 N–H and O–H groups in total. The lowest BCUT2D eigenvalue weighted by atomic mass is 10.1. The van der Waals surface area contributed by atoms with Crippen molar-refractivity contribution in [2.24, 2.45) is 11.7 Å². The molecule has 1 aromatic carbocycles. The molecule has 1 fully saturated rings. The molecule has 1 saturated carbocycles. The van der Waals surface area contributed by atoms with Gasteiger partial charge in [-0.3, -0.25) is 4.79 Å². The van der Waals surface area contributed by atoms with Crippen LogP contribution in [0.3, 0.4) is 0 Å². The van der Waals surface area contributed by atoms with E-state index in [1.54, 1.807) is 18.2 Å². The molecule has 1 aliphatic carbocycles. The average Bonchev–Trinajstić information content (AvgIpc) is 3.21. The molecule has 0 aliphatic heterocycles. The Kier molecular flexibility index (Phi) is 4.47. The van der Waals surface area contributed by atoms with Crippen molar-refractivity contribution in [1.82, 2.24) is 5.32 Å². The van der Waals surface area contributed by atoms with Crippen molar-refractivity contribution < 1.29 is 4.79 Å². The van der Waals surface area contributed by atoms with E-state index in [1.807, 2.05) is 6.92 Å². The van der Waals surface area contributed by atoms with Gasteiger partial charge in [-0.2, -0.15) is 0 Å². The molecule has 0 aromatic heterocycles. The van der Waals surface area contributed by atoms with Crippen molar-refractivity contribution in [1.29, 1.82) is 0 Å². The van der Waals surface area contributed by atoms with Crippen molar-refractivity contribution in [2.45, 2.75) is 25.8 Å². The number of amides is 1. The second kappa shape index (κ2) is 6.10. The molecular weight excluding hydrogens is 260 g/mol. The molecule has 1 aromatic rings. The lowest BCUT2D eigenvalue weighted by Crippen LogP contribution is -2.33. The van der Waals surface area contributed by atoms with Gasteiger partial charge in [0.05, 0.1) is 11.6 Å². The lowest BCUT2D eigenvalue weighted by molar-refractivity contribution is 0.0936. The van der Waals surface area contributed by atoms with E-state index in [2.05, 4.69) is 17.2 Å². The summed E-state index contributed by atoms with van der Waals surface area (Å²) in [5.41, 5.74) is 6.57. The molecule has 2 rings (SSSR count). The summed E-state index contributed by atoms with van der Waals surface area (Å²) >= 11 is 6.10. The Hall–Kier alpha value is -1.50. The summed E-state index contributed by atoms with van der Waals surface area (Å²) in [6.45, 7) is 2.33. The highest BCUT2D eigenvalue weighted by atomic mass is 35.5. The average molecular weight is 277 g/mol. The maximum atomic E-state index is 12.0. The Morgan fingerprint density at radius 2 is 2.32 bits per heavy atom. The first-order valence-electron chi connectivity index (χ1n) is 6.41. The molecule has 19 heavy (non-hydrogen) atoms. The Balaban J connectivity index is 2.07. The molecule has 0 spiro atoms. The van der Waals surface area contributed by atoms with Gasteiger partial charge in [-0.25, -0.2) is 0 Å². The van der Waals surface area contributed by atoms with Gasteiger partial charge in [0.2, 0.25) is 0 Å². The second-order valence-corrected chi connectivity index (χ2v) is 5.21. The summed E-state index contributed by atoms with van der Waals surface area (Å²) < 4.78 is 0. The molecule has 0 radical (unpaired) electrons. The highest BCUT2D eigenvalue weighted by molar-refractivity contribution is 6.32. The number of carbonyl (C=O) groups is 1. The molecule has 3 nitrogen and oxygen atoms in total. The first-order chi connectivity index (χ1) is 9.11. The topological polar surface area (TPSA) is 55.1 Å². The highest BCUT2D eigenvalue weighted by Gasteiger charge is 2.29. The molecule has 0 saturated heterocycles. The fourth-order valence-corrected chi connectivity index (χ4v) is 2.14. The van der Waals surface area contributed by atoms with Gasteiger partial charge < -0.3 is 11.1 Å². The fraction of sp³-hybridized carbons (Fsp3) is 0.400. The van der Waals surface area contributed by atoms with Gasteiger partial charge in [-0.05, 0) is 43.9 Å². The summed E-state index contributed by atoms with van der Waals surface area (Å²) in [5, 5.41) is 3.47. The molecular formula is C15H17ClN2O. The summed E-state index contributed by atoms with van der Waals surface area (Å²) in [6, 6.07) is 5.36. The smallest absolute Gasteiger partial charge is 0.251 e. The van der Waals surface area contributed by atoms with E-state index < -0.39 is 0 Å². The van der Waals surface area contributed by atoms with Crippen molar-refractivity contribution in [3.05, 3.63) is 34.3 Å². The van der Waals surface area contributed by atoms with E-state index in [-0.39, 0.29) is 18.5 Å². The minimum absolute atomic E-state index is 0.0837. The van der Waals surface area contributed by atoms with Gasteiger partial charge in [0.25, 0.3) is 5.91 Å². The predicted octanol–water partition coefficient (Wildman–Crippen LogP) is 2.18. The number of hydrogen-bond acceptors (Lipinski definition) is 2. The summed E-state index contributed by atoms with van der Waals surface area (Å²) in [4.78, 5) is 12.0. The Morgan fingerprint density at radius 3 is 2.89 bits per heavy atom. The van der Waals surface area contributed by atoms with Crippen LogP contribution >= 0.6 is 11.6 Å². The normalized spacial score (nSPS) is 15.3. The molecule has 0 heterocycles. The van der Waals surface area contributed by atoms with Gasteiger partial charge in [0.15, 0.2) is 0 Å². The van der Waals surface area contributed by atoms with Gasteiger partial charge in [-0.1, -0.05) is 23.4 Å². The van der Waals surface area contributed by atoms with E-state index >= 15 is 0 Å². The number of rotatable bonds is 3. The van der Waals surface area contributed by atoms with Crippen molar-refractivity contribution in [2.75, 3.05) is 6.54 Å². The van der Waals surface area contributed by atoms with Gasteiger partial charge in [0.1, 0.15) is 0 Å². The Morgan fingerprint density at radius 1 is 1.58 bits per heavy atom. The maximum absolute atomic E-state index is 12.0. The van der Waals surface area contributed by atoms with Crippen LogP contribution in [0.15, 0.2) is 18.2 Å². The van der Waals surface area contributed by atoms with E-state index in [0.29, 0.717) is 22.1 Å². The predicted molar refractivity (Wildman–Crippen MR) is 77.0 cm³/mol. The van der Waals surface area contributed by atoms with Crippen LogP contribution in [0.4, 0.5) is 0 Å². The van der Waals surface area contributed by atoms with Crippen molar-refractivity contribution >= 4 is 17.5 Å². The second-order valence-electron chi connectivity index (χ2n) is 4.80. The quantitative estimate of drug-likeness (QED) is 0.832. The van der Waals surface area contributed by atoms with Crippen molar-refractivity contribution in [3.8, 4) is 11.8 Å². The van der Waals surface area contributed by atoms with E-state index in [0.717, 1.165) is 0 Å². The largest absolute Gasteiger partial charge is 0.349 e. The van der Waals surface area contributed by atoms with Gasteiger partial charge >= 0.3 is 0 Å². The van der Waals surface area contributed by atoms with Crippen LogP contribution in [0.25, 0.3) is 0 Å². The van der Waals surface area contributed by atoms with Crippen LogP contribution in [0, 0.1) is 17.8 Å². The number of benzene rings is 1. The zero-order chi connectivity index (χ0) is 13.8. The number of hydrogen-bond donors (Lipinski definition) is 2. The maximum Gasteiger partial charge on any atom is 0.251 e. The van der Waals surface area contributed by atoms with Crippen LogP contribution in [0.1, 0.15) is 35.7 Å². The molecule has 4 heteroatoms. The van der Waals surface area contributed by atoms with E-state index in [1.165, 1.54) is 12.8 Å². The number of nitrogens with two attached hydrogens (primary N) is 1. The Bertz CT molecular complexity index is 541. The first-order valence-corrected chi connectivity index (χ1v) is 6.79. The number of nitrogens with one attached hydrogen (secondary N) is 1. The third-order valence-electron chi connectivity index (χ3n) is 3.24. The third kappa shape index (κ3) is 3.73. The summed E-state index contributed by atoms with van der Waals surface area (Å²) in [6.07, 6.45) is 2.41. The molecule has 0 bridgehead atoms. The van der Waals surface area contributed by atoms with E-state index in [4.69, 9.17) is 17.3 Å². The lowest BCUT2D eigenvalue weighted by Gasteiger charge is -2.13. The summed E-state index contributed by atoms with van der Waals surface area (Å²) in [5.74, 6) is 6.16. The van der Waals surface area contributed by atoms with E-state index in [9.17, 15) is 4.79 Å². The van der Waals surface area contributed by atoms with Crippen LogP contribution in [0.5, 0.6) is 0 Å². The fourth-order valence-electron chi connectivity index (χ4n) is 1.91. The molecule has 1 atom stereocenters. The molecule has 1 aliphatic rings. The molecule has 100 valence electrons. The Labute approximate surface area is 118 Å². The summed E-state index contributed by atoms with van der Waals surface area (Å²) in [7, 11) is 0.